The van der Waals surface area contributed by atoms with Gasteiger partial charge in [0, 0.05) is 34.1 Å². The summed E-state index contributed by atoms with van der Waals surface area (Å²) in [6.07, 6.45) is 3.12. The molecule has 3 aromatic carbocycles. The smallest absolute Gasteiger partial charge is 0.134 e. The molecule has 0 aliphatic carbocycles. The van der Waals surface area contributed by atoms with E-state index in [4.69, 9.17) is 4.74 Å². The number of aromatic nitrogens is 4. The predicted octanol–water partition coefficient (Wildman–Crippen LogP) is 6.29. The van der Waals surface area contributed by atoms with Crippen molar-refractivity contribution in [1.29, 1.82) is 0 Å². The lowest BCUT2D eigenvalue weighted by atomic mass is 10.0. The Morgan fingerprint density at radius 1 is 0.853 bits per heavy atom. The van der Waals surface area contributed by atoms with Crippen LogP contribution in [0.15, 0.2) is 79.1 Å². The lowest BCUT2D eigenvalue weighted by Crippen LogP contribution is -1.87. The number of nitrogens with one attached hydrogen (secondary N) is 2. The molecule has 6 nitrogen and oxygen atoms in total. The molecule has 0 bridgehead atoms. The van der Waals surface area contributed by atoms with Crippen LogP contribution in [0, 0.1) is 5.82 Å². The Balaban J connectivity index is 1.50. The van der Waals surface area contributed by atoms with Gasteiger partial charge in [0.25, 0.3) is 0 Å². The first-order chi connectivity index (χ1) is 16.6. The summed E-state index contributed by atoms with van der Waals surface area (Å²) in [5.74, 6) is 0.228. The van der Waals surface area contributed by atoms with Crippen LogP contribution in [0.1, 0.15) is 0 Å². The van der Waals surface area contributed by atoms with Crippen LogP contribution in [0.3, 0.4) is 0 Å². The molecule has 0 unspecified atom stereocenters. The Morgan fingerprint density at radius 2 is 1.76 bits per heavy atom. The lowest BCUT2D eigenvalue weighted by molar-refractivity contribution is 0.411. The second-order valence-corrected chi connectivity index (χ2v) is 8.09. The van der Waals surface area contributed by atoms with Gasteiger partial charge >= 0.3 is 0 Å². The fraction of sp³-hybridized carbons (Fsp3) is 0.0370. The van der Waals surface area contributed by atoms with Crippen molar-refractivity contribution < 1.29 is 14.2 Å². The molecule has 7 heteroatoms. The normalized spacial score (nSPS) is 11.4. The average molecular weight is 450 g/mol. The molecule has 0 aliphatic rings. The molecule has 0 saturated carbocycles. The summed E-state index contributed by atoms with van der Waals surface area (Å²) in [6.45, 7) is 0. The standard InChI is InChI=1S/C27H19FN4O2/c1-34-20-9-16(7-18(28)11-20)21-3-2-4-24-22(21)12-26(30-24)27-23-10-15(5-6-25(23)31-32-27)17-8-19(33)14-29-13-17/h2-14,30,33H,1H3,(H,31,32). The van der Waals surface area contributed by atoms with E-state index in [1.54, 1.807) is 12.3 Å². The summed E-state index contributed by atoms with van der Waals surface area (Å²) in [5.41, 5.74) is 6.77. The molecule has 34 heavy (non-hydrogen) atoms. The van der Waals surface area contributed by atoms with Gasteiger partial charge in [-0.15, -0.1) is 0 Å². The van der Waals surface area contributed by atoms with Crippen LogP contribution in [-0.4, -0.2) is 32.4 Å². The fourth-order valence-electron chi connectivity index (χ4n) is 4.36. The largest absolute Gasteiger partial charge is 0.506 e. The SMILES string of the molecule is COc1cc(F)cc(-c2cccc3[nH]c(-c4n[nH]c5ccc(-c6cncc(O)c6)cc45)cc23)c1. The molecule has 0 radical (unpaired) electrons. The minimum absolute atomic E-state index is 0.113. The molecule has 0 saturated heterocycles. The van der Waals surface area contributed by atoms with Gasteiger partial charge < -0.3 is 14.8 Å². The maximum absolute atomic E-state index is 14.2. The molecule has 0 spiro atoms. The van der Waals surface area contributed by atoms with E-state index in [9.17, 15) is 9.50 Å². The van der Waals surface area contributed by atoms with Crippen molar-refractivity contribution in [1.82, 2.24) is 20.2 Å². The average Bonchev–Trinajstić information content (AvgIpc) is 3.47. The van der Waals surface area contributed by atoms with Crippen molar-refractivity contribution in [2.45, 2.75) is 0 Å². The van der Waals surface area contributed by atoms with Crippen LogP contribution in [0.5, 0.6) is 11.5 Å². The number of aromatic hydroxyl groups is 1. The Bertz CT molecular complexity index is 1690. The van der Waals surface area contributed by atoms with E-state index in [-0.39, 0.29) is 11.6 Å². The zero-order valence-electron chi connectivity index (χ0n) is 18.1. The number of fused-ring (bicyclic) bond motifs is 2. The minimum atomic E-state index is -0.352. The van der Waals surface area contributed by atoms with Crippen molar-refractivity contribution in [2.24, 2.45) is 0 Å². The molecular formula is C27H19FN4O2. The van der Waals surface area contributed by atoms with E-state index in [1.165, 1.54) is 25.4 Å². The first kappa shape index (κ1) is 20.0. The van der Waals surface area contributed by atoms with Crippen molar-refractivity contribution in [3.05, 3.63) is 84.9 Å². The van der Waals surface area contributed by atoms with E-state index in [0.29, 0.717) is 5.75 Å². The topological polar surface area (TPSA) is 86.8 Å². The molecule has 3 heterocycles. The second-order valence-electron chi connectivity index (χ2n) is 8.09. The highest BCUT2D eigenvalue weighted by Gasteiger charge is 2.15. The number of benzene rings is 3. The summed E-state index contributed by atoms with van der Waals surface area (Å²) in [7, 11) is 1.53. The number of methoxy groups -OCH3 is 1. The van der Waals surface area contributed by atoms with Crippen LogP contribution >= 0.6 is 0 Å². The number of aromatic amines is 2. The number of H-pyrrole nitrogens is 2. The van der Waals surface area contributed by atoms with E-state index >= 15 is 0 Å². The Labute approximate surface area is 193 Å². The van der Waals surface area contributed by atoms with Gasteiger partial charge in [-0.3, -0.25) is 10.1 Å². The Kier molecular flexibility index (Phi) is 4.55. The van der Waals surface area contributed by atoms with Crippen molar-refractivity contribution >= 4 is 21.8 Å². The molecule has 0 fully saturated rings. The Hall–Kier alpha value is -4.65. The van der Waals surface area contributed by atoms with Crippen LogP contribution in [-0.2, 0) is 0 Å². The van der Waals surface area contributed by atoms with E-state index < -0.39 is 0 Å². The summed E-state index contributed by atoms with van der Waals surface area (Å²) in [6, 6.07) is 20.2. The highest BCUT2D eigenvalue weighted by molar-refractivity contribution is 6.02. The number of hydrogen-bond acceptors (Lipinski definition) is 4. The predicted molar refractivity (Wildman–Crippen MR) is 130 cm³/mol. The van der Waals surface area contributed by atoms with E-state index in [0.717, 1.165) is 55.4 Å². The monoisotopic (exact) mass is 450 g/mol. The summed E-state index contributed by atoms with van der Waals surface area (Å²) < 4.78 is 19.4. The quantitative estimate of drug-likeness (QED) is 0.294. The van der Waals surface area contributed by atoms with Gasteiger partial charge in [-0.2, -0.15) is 5.10 Å². The van der Waals surface area contributed by atoms with Crippen molar-refractivity contribution in [3.63, 3.8) is 0 Å². The van der Waals surface area contributed by atoms with Crippen LogP contribution in [0.25, 0.3) is 55.4 Å². The molecular weight excluding hydrogens is 431 g/mol. The molecule has 0 atom stereocenters. The highest BCUT2D eigenvalue weighted by atomic mass is 19.1. The molecule has 6 aromatic rings. The van der Waals surface area contributed by atoms with Crippen LogP contribution in [0.2, 0.25) is 0 Å². The van der Waals surface area contributed by atoms with E-state index in [2.05, 4.69) is 20.2 Å². The molecule has 0 aliphatic heterocycles. The molecule has 166 valence electrons. The minimum Gasteiger partial charge on any atom is -0.506 e. The number of rotatable bonds is 4. The van der Waals surface area contributed by atoms with Gasteiger partial charge in [-0.05, 0) is 59.2 Å². The first-order valence-corrected chi connectivity index (χ1v) is 10.7. The van der Waals surface area contributed by atoms with Crippen LogP contribution < -0.4 is 4.74 Å². The zero-order valence-corrected chi connectivity index (χ0v) is 18.1. The van der Waals surface area contributed by atoms with Gasteiger partial charge in [0.05, 0.1) is 24.5 Å². The number of nitrogens with zero attached hydrogens (tertiary/aromatic N) is 2. The third-order valence-electron chi connectivity index (χ3n) is 5.96. The van der Waals surface area contributed by atoms with Gasteiger partial charge in [0.2, 0.25) is 0 Å². The number of ether oxygens (including phenoxy) is 1. The number of pyridine rings is 1. The zero-order chi connectivity index (χ0) is 23.2. The maximum Gasteiger partial charge on any atom is 0.134 e. The summed E-state index contributed by atoms with van der Waals surface area (Å²) in [4.78, 5) is 7.53. The van der Waals surface area contributed by atoms with Crippen LogP contribution in [0.4, 0.5) is 4.39 Å². The first-order valence-electron chi connectivity index (χ1n) is 10.7. The molecule has 6 rings (SSSR count). The lowest BCUT2D eigenvalue weighted by Gasteiger charge is -2.07. The maximum atomic E-state index is 14.2. The molecule has 3 aromatic heterocycles. The van der Waals surface area contributed by atoms with Gasteiger partial charge in [-0.1, -0.05) is 18.2 Å². The highest BCUT2D eigenvalue weighted by Crippen LogP contribution is 2.36. The van der Waals surface area contributed by atoms with E-state index in [1.807, 2.05) is 48.5 Å². The second kappa shape index (κ2) is 7.74. The number of hydrogen-bond donors (Lipinski definition) is 3. The summed E-state index contributed by atoms with van der Waals surface area (Å²) >= 11 is 0. The van der Waals surface area contributed by atoms with Gasteiger partial charge in [-0.25, -0.2) is 4.39 Å². The third-order valence-corrected chi connectivity index (χ3v) is 5.96. The molecule has 3 N–H and O–H groups in total. The fourth-order valence-corrected chi connectivity index (χ4v) is 4.36. The van der Waals surface area contributed by atoms with Gasteiger partial charge in [0.1, 0.15) is 23.0 Å². The Morgan fingerprint density at radius 3 is 2.62 bits per heavy atom. The van der Waals surface area contributed by atoms with Gasteiger partial charge in [0.15, 0.2) is 0 Å². The molecule has 0 amide bonds. The summed E-state index contributed by atoms with van der Waals surface area (Å²) in [5, 5.41) is 19.3. The third kappa shape index (κ3) is 3.34. The number of halogens is 1. The van der Waals surface area contributed by atoms with Crippen molar-refractivity contribution in [3.8, 4) is 45.1 Å². The van der Waals surface area contributed by atoms with Crippen molar-refractivity contribution in [2.75, 3.05) is 7.11 Å².